The van der Waals surface area contributed by atoms with Crippen LogP contribution in [0.1, 0.15) is 18.9 Å². The fraction of sp³-hybridized carbons (Fsp3) is 0.286. The summed E-state index contributed by atoms with van der Waals surface area (Å²) in [4.78, 5) is 12.2. The quantitative estimate of drug-likeness (QED) is 0.750. The third-order valence-corrected chi connectivity index (χ3v) is 3.89. The normalized spacial score (nSPS) is 12.7. The van der Waals surface area contributed by atoms with Crippen LogP contribution in [0.5, 0.6) is 23.0 Å². The Balaban J connectivity index is 1.64. The Labute approximate surface area is 158 Å². The lowest BCUT2D eigenvalue weighted by atomic mass is 10.2. The van der Waals surface area contributed by atoms with Crippen LogP contribution in [0.15, 0.2) is 42.5 Å². The van der Waals surface area contributed by atoms with Crippen LogP contribution in [0.4, 0.5) is 5.69 Å². The minimum Gasteiger partial charge on any atom is -0.493 e. The number of rotatable bonds is 7. The molecule has 6 nitrogen and oxygen atoms in total. The van der Waals surface area contributed by atoms with E-state index in [2.05, 4.69) is 5.32 Å². The molecule has 142 valence electrons. The van der Waals surface area contributed by atoms with Crippen molar-refractivity contribution in [2.45, 2.75) is 13.3 Å². The van der Waals surface area contributed by atoms with Crippen molar-refractivity contribution in [2.24, 2.45) is 0 Å². The molecular formula is C21H23NO5. The molecule has 0 fully saturated rings. The second-order valence-electron chi connectivity index (χ2n) is 5.94. The SMILES string of the molecule is CCCOc1ccc(/C=C/C(=O)Nc2ccc3c(c2)OCCO3)cc1OC. The number of anilines is 1. The summed E-state index contributed by atoms with van der Waals surface area (Å²) in [5, 5.41) is 2.81. The maximum atomic E-state index is 12.2. The molecule has 0 aromatic heterocycles. The van der Waals surface area contributed by atoms with E-state index < -0.39 is 0 Å². The van der Waals surface area contributed by atoms with Gasteiger partial charge in [-0.25, -0.2) is 0 Å². The number of carbonyl (C=O) groups is 1. The predicted octanol–water partition coefficient (Wildman–Crippen LogP) is 3.91. The zero-order valence-corrected chi connectivity index (χ0v) is 15.5. The van der Waals surface area contributed by atoms with Crippen LogP contribution in [0, 0.1) is 0 Å². The van der Waals surface area contributed by atoms with Gasteiger partial charge in [0.1, 0.15) is 13.2 Å². The molecule has 2 aromatic carbocycles. The van der Waals surface area contributed by atoms with E-state index in [1.165, 1.54) is 6.08 Å². The van der Waals surface area contributed by atoms with Gasteiger partial charge in [-0.15, -0.1) is 0 Å². The number of fused-ring (bicyclic) bond motifs is 1. The molecule has 6 heteroatoms. The summed E-state index contributed by atoms with van der Waals surface area (Å²) in [6.07, 6.45) is 4.11. The molecule has 0 saturated heterocycles. The number of hydrogen-bond acceptors (Lipinski definition) is 5. The molecule has 0 unspecified atom stereocenters. The molecule has 27 heavy (non-hydrogen) atoms. The number of carbonyl (C=O) groups excluding carboxylic acids is 1. The van der Waals surface area contributed by atoms with Gasteiger partial charge in [-0.2, -0.15) is 0 Å². The van der Waals surface area contributed by atoms with Gasteiger partial charge < -0.3 is 24.3 Å². The van der Waals surface area contributed by atoms with E-state index >= 15 is 0 Å². The van der Waals surface area contributed by atoms with E-state index in [0.29, 0.717) is 48.5 Å². The number of ether oxygens (including phenoxy) is 4. The summed E-state index contributed by atoms with van der Waals surface area (Å²) in [6.45, 7) is 3.71. The van der Waals surface area contributed by atoms with Crippen molar-refractivity contribution in [2.75, 3.05) is 32.2 Å². The lowest BCUT2D eigenvalue weighted by Gasteiger charge is -2.18. The smallest absolute Gasteiger partial charge is 0.248 e. The number of hydrogen-bond donors (Lipinski definition) is 1. The van der Waals surface area contributed by atoms with Crippen molar-refractivity contribution >= 4 is 17.7 Å². The summed E-state index contributed by atoms with van der Waals surface area (Å²) < 4.78 is 22.0. The fourth-order valence-electron chi connectivity index (χ4n) is 2.60. The van der Waals surface area contributed by atoms with Crippen LogP contribution < -0.4 is 24.3 Å². The number of amides is 1. The Morgan fingerprint density at radius 3 is 2.70 bits per heavy atom. The van der Waals surface area contributed by atoms with E-state index in [1.54, 1.807) is 31.4 Å². The van der Waals surface area contributed by atoms with Gasteiger partial charge in [0, 0.05) is 17.8 Å². The maximum Gasteiger partial charge on any atom is 0.248 e. The first-order valence-corrected chi connectivity index (χ1v) is 8.89. The zero-order chi connectivity index (χ0) is 19.1. The van der Waals surface area contributed by atoms with Gasteiger partial charge in [-0.3, -0.25) is 4.79 Å². The molecule has 0 radical (unpaired) electrons. The van der Waals surface area contributed by atoms with Crippen LogP contribution in [0.2, 0.25) is 0 Å². The van der Waals surface area contributed by atoms with E-state index in [1.807, 2.05) is 25.1 Å². The summed E-state index contributed by atoms with van der Waals surface area (Å²) in [7, 11) is 1.59. The first-order valence-electron chi connectivity index (χ1n) is 8.89. The molecule has 1 amide bonds. The molecule has 0 aliphatic carbocycles. The lowest BCUT2D eigenvalue weighted by Crippen LogP contribution is -2.16. The molecule has 0 saturated carbocycles. The van der Waals surface area contributed by atoms with E-state index in [9.17, 15) is 4.79 Å². The number of methoxy groups -OCH3 is 1. The van der Waals surface area contributed by atoms with Crippen LogP contribution in [-0.4, -0.2) is 32.8 Å². The van der Waals surface area contributed by atoms with Gasteiger partial charge in [0.25, 0.3) is 0 Å². The summed E-state index contributed by atoms with van der Waals surface area (Å²) in [5.74, 6) is 2.41. The topological polar surface area (TPSA) is 66.0 Å². The highest BCUT2D eigenvalue weighted by Crippen LogP contribution is 2.32. The summed E-state index contributed by atoms with van der Waals surface area (Å²) >= 11 is 0. The van der Waals surface area contributed by atoms with Gasteiger partial charge in [0.05, 0.1) is 13.7 Å². The van der Waals surface area contributed by atoms with Crippen molar-refractivity contribution < 1.29 is 23.7 Å². The van der Waals surface area contributed by atoms with Crippen LogP contribution in [0.25, 0.3) is 6.08 Å². The molecule has 2 aromatic rings. The largest absolute Gasteiger partial charge is 0.493 e. The second kappa shape index (κ2) is 8.98. The third-order valence-electron chi connectivity index (χ3n) is 3.89. The first kappa shape index (κ1) is 18.6. The molecule has 1 aliphatic rings. The molecule has 1 heterocycles. The van der Waals surface area contributed by atoms with Gasteiger partial charge in [0.15, 0.2) is 23.0 Å². The van der Waals surface area contributed by atoms with Crippen molar-refractivity contribution in [3.8, 4) is 23.0 Å². The molecule has 0 bridgehead atoms. The van der Waals surface area contributed by atoms with E-state index in [-0.39, 0.29) is 5.91 Å². The average molecular weight is 369 g/mol. The highest BCUT2D eigenvalue weighted by atomic mass is 16.6. The fourth-order valence-corrected chi connectivity index (χ4v) is 2.60. The monoisotopic (exact) mass is 369 g/mol. The Hall–Kier alpha value is -3.15. The van der Waals surface area contributed by atoms with Crippen molar-refractivity contribution in [3.63, 3.8) is 0 Å². The third kappa shape index (κ3) is 4.94. The van der Waals surface area contributed by atoms with Crippen molar-refractivity contribution in [3.05, 3.63) is 48.0 Å². The lowest BCUT2D eigenvalue weighted by molar-refractivity contribution is -0.111. The maximum absolute atomic E-state index is 12.2. The average Bonchev–Trinajstić information content (AvgIpc) is 2.70. The molecular weight excluding hydrogens is 346 g/mol. The Morgan fingerprint density at radius 2 is 1.93 bits per heavy atom. The van der Waals surface area contributed by atoms with E-state index in [4.69, 9.17) is 18.9 Å². The molecule has 1 aliphatic heterocycles. The zero-order valence-electron chi connectivity index (χ0n) is 15.5. The van der Waals surface area contributed by atoms with Crippen molar-refractivity contribution in [1.29, 1.82) is 0 Å². The highest BCUT2D eigenvalue weighted by molar-refractivity contribution is 6.02. The number of nitrogens with one attached hydrogen (secondary N) is 1. The predicted molar refractivity (Wildman–Crippen MR) is 104 cm³/mol. The van der Waals surface area contributed by atoms with E-state index in [0.717, 1.165) is 12.0 Å². The van der Waals surface area contributed by atoms with Crippen LogP contribution in [0.3, 0.4) is 0 Å². The minimum atomic E-state index is -0.239. The van der Waals surface area contributed by atoms with Gasteiger partial charge in [-0.05, 0) is 42.3 Å². The van der Waals surface area contributed by atoms with Gasteiger partial charge >= 0.3 is 0 Å². The van der Waals surface area contributed by atoms with Gasteiger partial charge in [-0.1, -0.05) is 13.0 Å². The summed E-state index contributed by atoms with van der Waals surface area (Å²) in [6, 6.07) is 10.9. The molecule has 0 atom stereocenters. The van der Waals surface area contributed by atoms with Crippen LogP contribution in [-0.2, 0) is 4.79 Å². The minimum absolute atomic E-state index is 0.239. The van der Waals surface area contributed by atoms with Crippen LogP contribution >= 0.6 is 0 Å². The molecule has 3 rings (SSSR count). The number of benzene rings is 2. The molecule has 0 spiro atoms. The first-order chi connectivity index (χ1) is 13.2. The summed E-state index contributed by atoms with van der Waals surface area (Å²) in [5.41, 5.74) is 1.49. The molecule has 1 N–H and O–H groups in total. The van der Waals surface area contributed by atoms with Gasteiger partial charge in [0.2, 0.25) is 5.91 Å². The standard InChI is InChI=1S/C21H23NO5/c1-3-10-25-17-7-4-15(13-19(17)24-2)5-9-21(23)22-16-6-8-18-20(14-16)27-12-11-26-18/h4-9,13-14H,3,10-12H2,1-2H3,(H,22,23)/b9-5+. The Morgan fingerprint density at radius 1 is 1.11 bits per heavy atom. The van der Waals surface area contributed by atoms with Crippen molar-refractivity contribution in [1.82, 2.24) is 0 Å². The highest BCUT2D eigenvalue weighted by Gasteiger charge is 2.12. The second-order valence-corrected chi connectivity index (χ2v) is 5.94. The Bertz CT molecular complexity index is 831. The Kier molecular flexibility index (Phi) is 6.20.